The Hall–Kier alpha value is -2.49. The van der Waals surface area contributed by atoms with Crippen molar-refractivity contribution in [3.63, 3.8) is 0 Å². The van der Waals surface area contributed by atoms with Gasteiger partial charge in [-0.15, -0.1) is 0 Å². The Balaban J connectivity index is 1.68. The summed E-state index contributed by atoms with van der Waals surface area (Å²) >= 11 is 0. The predicted octanol–water partition coefficient (Wildman–Crippen LogP) is 3.96. The molecule has 0 spiro atoms. The molecule has 0 atom stereocenters. The molecule has 0 saturated heterocycles. The molecule has 3 aromatic rings. The summed E-state index contributed by atoms with van der Waals surface area (Å²) in [7, 11) is 0. The van der Waals surface area contributed by atoms with Crippen LogP contribution in [0.1, 0.15) is 19.4 Å². The lowest BCUT2D eigenvalue weighted by atomic mass is 10.2. The van der Waals surface area contributed by atoms with E-state index in [1.807, 2.05) is 44.3 Å². The highest BCUT2D eigenvalue weighted by atomic mass is 16.5. The molecular weight excluding hydrogens is 262 g/mol. The second kappa shape index (κ2) is 5.87. The minimum absolute atomic E-state index is 0.202. The molecule has 2 N–H and O–H groups in total. The summed E-state index contributed by atoms with van der Waals surface area (Å²) in [6, 6.07) is 14.3. The van der Waals surface area contributed by atoms with Gasteiger partial charge in [-0.05, 0) is 43.7 Å². The fraction of sp³-hybridized carbons (Fsp3) is 0.235. The summed E-state index contributed by atoms with van der Waals surface area (Å²) in [5.74, 6) is 0.908. The third-order valence-electron chi connectivity index (χ3n) is 3.26. The number of benzene rings is 2. The van der Waals surface area contributed by atoms with E-state index in [-0.39, 0.29) is 6.10 Å². The minimum atomic E-state index is 0.202. The van der Waals surface area contributed by atoms with Gasteiger partial charge in [0.05, 0.1) is 17.8 Å². The molecule has 0 fully saturated rings. The highest BCUT2D eigenvalue weighted by Gasteiger charge is 2.02. The Morgan fingerprint density at radius 3 is 2.71 bits per heavy atom. The van der Waals surface area contributed by atoms with Crippen LogP contribution >= 0.6 is 0 Å². The molecular formula is C17H19N3O. The van der Waals surface area contributed by atoms with Crippen LogP contribution in [0.2, 0.25) is 0 Å². The Morgan fingerprint density at radius 2 is 1.95 bits per heavy atom. The van der Waals surface area contributed by atoms with E-state index in [4.69, 9.17) is 4.74 Å². The first-order valence-corrected chi connectivity index (χ1v) is 7.14. The number of hydrogen-bond donors (Lipinski definition) is 2. The molecule has 2 aromatic carbocycles. The van der Waals surface area contributed by atoms with E-state index < -0.39 is 0 Å². The molecule has 0 unspecified atom stereocenters. The van der Waals surface area contributed by atoms with Crippen molar-refractivity contribution in [3.05, 3.63) is 54.2 Å². The quantitative estimate of drug-likeness (QED) is 0.744. The maximum atomic E-state index is 5.65. The number of nitrogens with one attached hydrogen (secondary N) is 2. The summed E-state index contributed by atoms with van der Waals surface area (Å²) in [6.45, 7) is 4.83. The molecule has 4 heteroatoms. The lowest BCUT2D eigenvalue weighted by molar-refractivity contribution is 0.242. The molecule has 0 amide bonds. The van der Waals surface area contributed by atoms with E-state index in [9.17, 15) is 0 Å². The molecule has 1 heterocycles. The van der Waals surface area contributed by atoms with Crippen LogP contribution in [0.5, 0.6) is 5.75 Å². The number of nitrogens with zero attached hydrogens (tertiary/aromatic N) is 1. The van der Waals surface area contributed by atoms with Crippen LogP contribution in [0.4, 0.5) is 5.69 Å². The van der Waals surface area contributed by atoms with Crippen LogP contribution in [-0.2, 0) is 6.54 Å². The van der Waals surface area contributed by atoms with Crippen molar-refractivity contribution in [2.75, 3.05) is 5.32 Å². The smallest absolute Gasteiger partial charge is 0.119 e. The topological polar surface area (TPSA) is 49.9 Å². The number of aromatic amines is 1. The van der Waals surface area contributed by atoms with Gasteiger partial charge in [-0.25, -0.2) is 0 Å². The Morgan fingerprint density at radius 1 is 1.14 bits per heavy atom. The molecule has 21 heavy (non-hydrogen) atoms. The van der Waals surface area contributed by atoms with Gasteiger partial charge < -0.3 is 10.1 Å². The normalized spacial score (nSPS) is 11.0. The summed E-state index contributed by atoms with van der Waals surface area (Å²) in [5, 5.41) is 11.6. The third-order valence-corrected chi connectivity index (χ3v) is 3.26. The van der Waals surface area contributed by atoms with Crippen LogP contribution in [0.3, 0.4) is 0 Å². The van der Waals surface area contributed by atoms with Gasteiger partial charge in [-0.3, -0.25) is 5.10 Å². The Labute approximate surface area is 124 Å². The van der Waals surface area contributed by atoms with Crippen molar-refractivity contribution in [2.45, 2.75) is 26.5 Å². The van der Waals surface area contributed by atoms with Crippen LogP contribution in [0.25, 0.3) is 10.9 Å². The summed E-state index contributed by atoms with van der Waals surface area (Å²) in [5.41, 5.74) is 3.34. The first kappa shape index (κ1) is 13.5. The van der Waals surface area contributed by atoms with Gasteiger partial charge in [0.25, 0.3) is 0 Å². The first-order chi connectivity index (χ1) is 10.2. The minimum Gasteiger partial charge on any atom is -0.491 e. The molecule has 0 radical (unpaired) electrons. The first-order valence-electron chi connectivity index (χ1n) is 7.14. The molecule has 0 bridgehead atoms. The standard InChI is InChI=1S/C17H19N3O/c1-12(2)21-14-8-6-13(7-9-14)10-18-16-4-3-5-17-15(16)11-19-20-17/h3-9,11-12,18H,10H2,1-2H3,(H,19,20). The van der Waals surface area contributed by atoms with Crippen molar-refractivity contribution in [1.29, 1.82) is 0 Å². The molecule has 0 aliphatic rings. The highest BCUT2D eigenvalue weighted by molar-refractivity contribution is 5.90. The van der Waals surface area contributed by atoms with Crippen molar-refractivity contribution < 1.29 is 4.74 Å². The zero-order valence-electron chi connectivity index (χ0n) is 12.3. The number of anilines is 1. The zero-order valence-corrected chi connectivity index (χ0v) is 12.3. The molecule has 3 rings (SSSR count). The van der Waals surface area contributed by atoms with Crippen molar-refractivity contribution in [3.8, 4) is 5.75 Å². The molecule has 1 aromatic heterocycles. The third kappa shape index (κ3) is 3.16. The van der Waals surface area contributed by atoms with Crippen LogP contribution in [0, 0.1) is 0 Å². The average molecular weight is 281 g/mol. The molecule has 4 nitrogen and oxygen atoms in total. The number of ether oxygens (including phenoxy) is 1. The SMILES string of the molecule is CC(C)Oc1ccc(CNc2cccc3[nH]ncc23)cc1. The predicted molar refractivity (Wildman–Crippen MR) is 85.6 cm³/mol. The van der Waals surface area contributed by atoms with Gasteiger partial charge in [0.2, 0.25) is 0 Å². The van der Waals surface area contributed by atoms with Gasteiger partial charge in [-0.2, -0.15) is 5.10 Å². The summed E-state index contributed by atoms with van der Waals surface area (Å²) in [6.07, 6.45) is 2.05. The van der Waals surface area contributed by atoms with Crippen LogP contribution < -0.4 is 10.1 Å². The lowest BCUT2D eigenvalue weighted by Crippen LogP contribution is -2.05. The molecule has 108 valence electrons. The van der Waals surface area contributed by atoms with E-state index in [1.54, 1.807) is 0 Å². The van der Waals surface area contributed by atoms with Crippen LogP contribution in [-0.4, -0.2) is 16.3 Å². The Kier molecular flexibility index (Phi) is 3.77. The van der Waals surface area contributed by atoms with Crippen molar-refractivity contribution in [2.24, 2.45) is 0 Å². The van der Waals surface area contributed by atoms with Crippen LogP contribution in [0.15, 0.2) is 48.7 Å². The number of rotatable bonds is 5. The fourth-order valence-electron chi connectivity index (χ4n) is 2.28. The van der Waals surface area contributed by atoms with E-state index >= 15 is 0 Å². The fourth-order valence-corrected chi connectivity index (χ4v) is 2.28. The largest absolute Gasteiger partial charge is 0.491 e. The van der Waals surface area contributed by atoms with Gasteiger partial charge in [0.1, 0.15) is 5.75 Å². The number of fused-ring (bicyclic) bond motifs is 1. The van der Waals surface area contributed by atoms with E-state index in [1.165, 1.54) is 5.56 Å². The van der Waals surface area contributed by atoms with Gasteiger partial charge in [0.15, 0.2) is 0 Å². The summed E-state index contributed by atoms with van der Waals surface area (Å²) < 4.78 is 5.65. The molecule has 0 aliphatic carbocycles. The molecule has 0 aliphatic heterocycles. The lowest BCUT2D eigenvalue weighted by Gasteiger charge is -2.11. The summed E-state index contributed by atoms with van der Waals surface area (Å²) in [4.78, 5) is 0. The number of hydrogen-bond acceptors (Lipinski definition) is 3. The monoisotopic (exact) mass is 281 g/mol. The maximum absolute atomic E-state index is 5.65. The number of H-pyrrole nitrogens is 1. The van der Waals surface area contributed by atoms with E-state index in [2.05, 4.69) is 33.7 Å². The van der Waals surface area contributed by atoms with Gasteiger partial charge in [-0.1, -0.05) is 18.2 Å². The maximum Gasteiger partial charge on any atom is 0.119 e. The van der Waals surface area contributed by atoms with E-state index in [0.29, 0.717) is 0 Å². The van der Waals surface area contributed by atoms with Crippen molar-refractivity contribution >= 4 is 16.6 Å². The van der Waals surface area contributed by atoms with Crippen molar-refractivity contribution in [1.82, 2.24) is 10.2 Å². The second-order valence-corrected chi connectivity index (χ2v) is 5.30. The van der Waals surface area contributed by atoms with E-state index in [0.717, 1.165) is 28.9 Å². The van der Waals surface area contributed by atoms with Gasteiger partial charge in [0, 0.05) is 17.6 Å². The Bertz CT molecular complexity index is 716. The highest BCUT2D eigenvalue weighted by Crippen LogP contribution is 2.22. The molecule has 0 saturated carbocycles. The number of aromatic nitrogens is 2. The average Bonchev–Trinajstić information content (AvgIpc) is 2.95. The zero-order chi connectivity index (χ0) is 14.7. The second-order valence-electron chi connectivity index (χ2n) is 5.30. The van der Waals surface area contributed by atoms with Gasteiger partial charge >= 0.3 is 0 Å².